The van der Waals surface area contributed by atoms with E-state index in [1.807, 2.05) is 0 Å². The van der Waals surface area contributed by atoms with Crippen LogP contribution in [0.15, 0.2) is 0 Å². The number of phosphoric acid groups is 1. The predicted molar refractivity (Wildman–Crippen MR) is 252 cm³/mol. The van der Waals surface area contributed by atoms with E-state index in [0.717, 1.165) is 32.1 Å². The van der Waals surface area contributed by atoms with Gasteiger partial charge in [-0.2, -0.15) is 0 Å². The highest BCUT2D eigenvalue weighted by molar-refractivity contribution is 7.47. The van der Waals surface area contributed by atoms with Gasteiger partial charge in [0.2, 0.25) is 0 Å². The van der Waals surface area contributed by atoms with Crippen LogP contribution in [0.2, 0.25) is 0 Å². The van der Waals surface area contributed by atoms with Gasteiger partial charge in [-0.1, -0.05) is 251 Å². The van der Waals surface area contributed by atoms with Gasteiger partial charge in [-0.15, -0.1) is 0 Å². The van der Waals surface area contributed by atoms with Crippen molar-refractivity contribution in [3.05, 3.63) is 0 Å². The van der Waals surface area contributed by atoms with E-state index < -0.39 is 26.5 Å². The second kappa shape index (κ2) is 47.5. The average molecular weight is 874 g/mol. The molecule has 2 atom stereocenters. The maximum absolute atomic E-state index is 12.7. The number of carbonyl (C=O) groups is 2. The molecular weight excluding hydrogens is 774 g/mol. The largest absolute Gasteiger partial charge is 0.472 e. The fraction of sp³-hybridized carbons (Fsp3) is 0.960. The van der Waals surface area contributed by atoms with Crippen molar-refractivity contribution in [1.29, 1.82) is 0 Å². The Morgan fingerprint density at radius 3 is 1.02 bits per heavy atom. The van der Waals surface area contributed by atoms with Crippen molar-refractivity contribution < 1.29 is 37.6 Å². The van der Waals surface area contributed by atoms with Gasteiger partial charge in [-0.25, -0.2) is 4.57 Å². The highest BCUT2D eigenvalue weighted by atomic mass is 31.2. The van der Waals surface area contributed by atoms with Crippen molar-refractivity contribution in [2.75, 3.05) is 26.4 Å². The van der Waals surface area contributed by atoms with E-state index in [1.54, 1.807) is 0 Å². The minimum Gasteiger partial charge on any atom is -0.462 e. The van der Waals surface area contributed by atoms with Gasteiger partial charge in [-0.05, 0) is 12.8 Å². The number of carbonyl (C=O) groups excluding carboxylic acids is 2. The lowest BCUT2D eigenvalue weighted by molar-refractivity contribution is -0.161. The third-order valence-corrected chi connectivity index (χ3v) is 12.7. The van der Waals surface area contributed by atoms with E-state index in [1.165, 1.54) is 212 Å². The highest BCUT2D eigenvalue weighted by Gasteiger charge is 2.26. The third-order valence-electron chi connectivity index (χ3n) is 11.7. The van der Waals surface area contributed by atoms with E-state index in [9.17, 15) is 19.0 Å². The molecule has 9 nitrogen and oxygen atoms in total. The van der Waals surface area contributed by atoms with Gasteiger partial charge in [0.15, 0.2) is 6.10 Å². The summed E-state index contributed by atoms with van der Waals surface area (Å²) in [5.74, 6) is -0.806. The summed E-state index contributed by atoms with van der Waals surface area (Å²) >= 11 is 0. The molecule has 0 amide bonds. The minimum absolute atomic E-state index is 0.0584. The number of ether oxygens (including phenoxy) is 2. The molecule has 0 saturated heterocycles. The molecule has 358 valence electrons. The van der Waals surface area contributed by atoms with Gasteiger partial charge in [0.1, 0.15) is 6.61 Å². The van der Waals surface area contributed by atoms with E-state index in [-0.39, 0.29) is 38.6 Å². The van der Waals surface area contributed by atoms with Crippen LogP contribution in [-0.4, -0.2) is 49.3 Å². The molecule has 10 heteroatoms. The average Bonchev–Trinajstić information content (AvgIpc) is 3.24. The number of esters is 2. The van der Waals surface area contributed by atoms with Crippen LogP contribution < -0.4 is 5.73 Å². The van der Waals surface area contributed by atoms with Crippen molar-refractivity contribution in [3.8, 4) is 0 Å². The molecule has 0 radical (unpaired) electrons. The predicted octanol–water partition coefficient (Wildman–Crippen LogP) is 15.6. The van der Waals surface area contributed by atoms with Crippen molar-refractivity contribution in [1.82, 2.24) is 0 Å². The zero-order valence-electron chi connectivity index (χ0n) is 39.7. The summed E-state index contributed by atoms with van der Waals surface area (Å²) in [5.41, 5.74) is 5.37. The Morgan fingerprint density at radius 2 is 0.717 bits per heavy atom. The van der Waals surface area contributed by atoms with E-state index >= 15 is 0 Å². The van der Waals surface area contributed by atoms with Crippen LogP contribution in [0.4, 0.5) is 0 Å². The summed E-state index contributed by atoms with van der Waals surface area (Å²) in [4.78, 5) is 35.0. The molecule has 60 heavy (non-hydrogen) atoms. The van der Waals surface area contributed by atoms with Crippen molar-refractivity contribution in [2.24, 2.45) is 5.73 Å². The fourth-order valence-corrected chi connectivity index (χ4v) is 8.64. The summed E-state index contributed by atoms with van der Waals surface area (Å²) in [5, 5.41) is 0. The first-order valence-electron chi connectivity index (χ1n) is 26.0. The van der Waals surface area contributed by atoms with Crippen LogP contribution in [0.1, 0.15) is 277 Å². The van der Waals surface area contributed by atoms with Crippen molar-refractivity contribution in [2.45, 2.75) is 283 Å². The van der Waals surface area contributed by atoms with Gasteiger partial charge in [0.05, 0.1) is 13.2 Å². The summed E-state index contributed by atoms with van der Waals surface area (Å²) in [6, 6.07) is 0. The lowest BCUT2D eigenvalue weighted by Crippen LogP contribution is -2.29. The first-order valence-corrected chi connectivity index (χ1v) is 27.5. The Labute approximate surface area is 371 Å². The Bertz CT molecular complexity index is 953. The SMILES string of the molecule is CCCCCCCCCCCCCCCCCCCCCCCCCC(=O)OC(COC(=O)CCCCCCCCCCCCCCCCCC)COP(=O)(O)OCCN. The monoisotopic (exact) mass is 874 g/mol. The fourth-order valence-electron chi connectivity index (χ4n) is 7.87. The number of rotatable bonds is 50. The van der Waals surface area contributed by atoms with Gasteiger partial charge in [-0.3, -0.25) is 18.6 Å². The second-order valence-electron chi connectivity index (χ2n) is 17.8. The molecule has 3 N–H and O–H groups in total. The Balaban J connectivity index is 3.96. The van der Waals surface area contributed by atoms with Crippen LogP contribution in [-0.2, 0) is 32.7 Å². The van der Waals surface area contributed by atoms with Crippen LogP contribution in [0, 0.1) is 0 Å². The van der Waals surface area contributed by atoms with Crippen molar-refractivity contribution in [3.63, 3.8) is 0 Å². The number of hydrogen-bond acceptors (Lipinski definition) is 8. The van der Waals surface area contributed by atoms with Gasteiger partial charge < -0.3 is 20.1 Å². The third kappa shape index (κ3) is 46.5. The zero-order chi connectivity index (χ0) is 43.9. The molecule has 0 aliphatic heterocycles. The minimum atomic E-state index is -4.37. The van der Waals surface area contributed by atoms with Crippen LogP contribution in [0.5, 0.6) is 0 Å². The maximum Gasteiger partial charge on any atom is 0.472 e. The molecule has 0 aliphatic carbocycles. The van der Waals surface area contributed by atoms with Crippen molar-refractivity contribution >= 4 is 19.8 Å². The topological polar surface area (TPSA) is 134 Å². The summed E-state index contributed by atoms with van der Waals surface area (Å²) in [7, 11) is -4.37. The van der Waals surface area contributed by atoms with E-state index in [2.05, 4.69) is 13.8 Å². The zero-order valence-corrected chi connectivity index (χ0v) is 40.6. The number of hydrogen-bond donors (Lipinski definition) is 2. The van der Waals surface area contributed by atoms with E-state index in [4.69, 9.17) is 24.3 Å². The lowest BCUT2D eigenvalue weighted by Gasteiger charge is -2.19. The molecule has 0 saturated carbocycles. The van der Waals surface area contributed by atoms with Gasteiger partial charge in [0, 0.05) is 19.4 Å². The molecule has 0 fully saturated rings. The van der Waals surface area contributed by atoms with E-state index in [0.29, 0.717) is 6.42 Å². The summed E-state index contributed by atoms with van der Waals surface area (Å²) in [6.45, 7) is 3.80. The van der Waals surface area contributed by atoms with Crippen LogP contribution >= 0.6 is 7.82 Å². The number of unbranched alkanes of at least 4 members (excludes halogenated alkanes) is 37. The van der Waals surface area contributed by atoms with Gasteiger partial charge >= 0.3 is 19.8 Å². The number of nitrogens with two attached hydrogens (primary N) is 1. The van der Waals surface area contributed by atoms with Gasteiger partial charge in [0.25, 0.3) is 0 Å². The standard InChI is InChI=1S/C50H100NO8P/c1-3-5-7-9-11-13-15-17-19-21-22-23-24-25-26-27-29-31-33-35-37-39-41-43-50(53)59-48(47-58-60(54,55)57-45-44-51)46-56-49(52)42-40-38-36-34-32-30-28-20-18-16-14-12-10-8-6-4-2/h48H,3-47,51H2,1-2H3,(H,54,55). The van der Waals surface area contributed by atoms with Crippen LogP contribution in [0.3, 0.4) is 0 Å². The quantitative estimate of drug-likeness (QED) is 0.0348. The molecule has 0 aromatic carbocycles. The Hall–Kier alpha value is -0.990. The smallest absolute Gasteiger partial charge is 0.462 e. The first kappa shape index (κ1) is 59.0. The molecule has 2 unspecified atom stereocenters. The molecule has 0 aliphatic rings. The summed E-state index contributed by atoms with van der Waals surface area (Å²) < 4.78 is 32.9. The molecular formula is C50H100NO8P. The molecule has 0 heterocycles. The molecule has 0 rings (SSSR count). The molecule has 0 aromatic heterocycles. The normalized spacial score (nSPS) is 13.1. The maximum atomic E-state index is 12.7. The lowest BCUT2D eigenvalue weighted by atomic mass is 10.0. The Kier molecular flexibility index (Phi) is 46.7. The van der Waals surface area contributed by atoms with Crippen LogP contribution in [0.25, 0.3) is 0 Å². The second-order valence-corrected chi connectivity index (χ2v) is 19.2. The number of phosphoric ester groups is 1. The highest BCUT2D eigenvalue weighted by Crippen LogP contribution is 2.43. The molecule has 0 aromatic rings. The first-order chi connectivity index (χ1) is 29.3. The summed E-state index contributed by atoms with van der Waals surface area (Å²) in [6.07, 6.45) is 50.0. The molecule has 0 bridgehead atoms. The Morgan fingerprint density at radius 1 is 0.433 bits per heavy atom. The molecule has 0 spiro atoms.